The third kappa shape index (κ3) is 18.4. The Morgan fingerprint density at radius 3 is 0.833 bits per heavy atom. The molecule has 0 aromatic heterocycles. The maximum Gasteiger partial charge on any atom is 0.187 e. The van der Waals surface area contributed by atoms with Gasteiger partial charge in [0.1, 0.15) is 73.2 Å². The second kappa shape index (κ2) is 34.0. The van der Waals surface area contributed by atoms with Gasteiger partial charge in [-0.1, -0.05) is 243 Å². The van der Waals surface area contributed by atoms with Crippen molar-refractivity contribution >= 4 is 0 Å². The summed E-state index contributed by atoms with van der Waals surface area (Å²) in [4.78, 5) is 0. The van der Waals surface area contributed by atoms with Gasteiger partial charge in [-0.25, -0.2) is 0 Å². The fraction of sp³-hybridized carbons (Fsp3) is 0.351. The first-order valence-corrected chi connectivity index (χ1v) is 30.8. The number of aliphatic hydroxyl groups is 3. The zero-order valence-electron chi connectivity index (χ0n) is 50.2. The van der Waals surface area contributed by atoms with E-state index < -0.39 is 92.1 Å². The van der Waals surface area contributed by atoms with Gasteiger partial charge in [0.05, 0.1) is 72.7 Å². The lowest BCUT2D eigenvalue weighted by atomic mass is 9.95. The molecule has 8 aromatic carbocycles. The molecule has 0 aliphatic carbocycles. The van der Waals surface area contributed by atoms with Crippen molar-refractivity contribution in [1.29, 1.82) is 0 Å². The van der Waals surface area contributed by atoms with Gasteiger partial charge in [-0.2, -0.15) is 0 Å². The Kier molecular flexibility index (Phi) is 24.4. The molecule has 3 heterocycles. The van der Waals surface area contributed by atoms with Crippen molar-refractivity contribution in [3.05, 3.63) is 287 Å². The molecule has 3 aliphatic rings. The highest BCUT2D eigenvalue weighted by atomic mass is 16.8. The van der Waals surface area contributed by atoms with Crippen molar-refractivity contribution in [2.24, 2.45) is 0 Å². The van der Waals surface area contributed by atoms with Crippen molar-refractivity contribution < 1.29 is 76.9 Å². The van der Waals surface area contributed by atoms with Crippen LogP contribution in [0.4, 0.5) is 0 Å². The molecule has 0 radical (unpaired) electrons. The summed E-state index contributed by atoms with van der Waals surface area (Å²) >= 11 is 0. The maximum absolute atomic E-state index is 12.9. The summed E-state index contributed by atoms with van der Waals surface area (Å²) in [5, 5.41) is 37.9. The van der Waals surface area contributed by atoms with E-state index in [0.717, 1.165) is 44.5 Å². The molecule has 0 spiro atoms. The Labute approximate surface area is 526 Å². The van der Waals surface area contributed by atoms with Gasteiger partial charge in [0, 0.05) is 0 Å². The van der Waals surface area contributed by atoms with Gasteiger partial charge in [-0.05, 0) is 44.5 Å². The molecule has 0 bridgehead atoms. The first-order chi connectivity index (χ1) is 44.4. The summed E-state index contributed by atoms with van der Waals surface area (Å²) < 4.78 is 87.5. The van der Waals surface area contributed by atoms with Crippen molar-refractivity contribution in [2.75, 3.05) is 19.8 Å². The fourth-order valence-electron chi connectivity index (χ4n) is 11.3. The van der Waals surface area contributed by atoms with E-state index in [9.17, 15) is 15.3 Å². The topological polar surface area (TPSA) is 181 Å². The molecule has 16 nitrogen and oxygen atoms in total. The van der Waals surface area contributed by atoms with Crippen LogP contribution >= 0.6 is 0 Å². The second-order valence-corrected chi connectivity index (χ2v) is 22.6. The van der Waals surface area contributed by atoms with E-state index in [2.05, 4.69) is 0 Å². The van der Waals surface area contributed by atoms with Crippen molar-refractivity contribution in [1.82, 2.24) is 0 Å². The summed E-state index contributed by atoms with van der Waals surface area (Å²) in [5.74, 6) is 0. The lowest BCUT2D eigenvalue weighted by Gasteiger charge is -2.49. The standard InChI is InChI=1S/C74H80O16/c75-63-68(83-46-57-35-19-6-20-36-57)65(80-43-54-29-13-3-14-30-54)60(49-78-41-52-25-9-1-10-26-52)88-73(63)86-51-62-67(82-45-56-33-17-5-18-34-56)70(71(72(77)87-62)85-48-59-39-23-8-24-40-59)90-74-64(76)69(84-47-58-37-21-7-22-38-58)66(81-44-55-31-15-4-16-32-55)61(89-74)50-79-42-53-27-11-2-12-28-53/h1-40,60-77H,41-51H2/t60-,61-,62-,63+,64+,65-,66-,67-,68-,69-,70+,71+,72+,73+,74-/m1/s1. The quantitative estimate of drug-likeness (QED) is 0.0373. The zero-order chi connectivity index (χ0) is 61.5. The normalized spacial score (nSPS) is 26.9. The van der Waals surface area contributed by atoms with Gasteiger partial charge < -0.3 is 76.9 Å². The monoisotopic (exact) mass is 1220 g/mol. The van der Waals surface area contributed by atoms with Gasteiger partial charge >= 0.3 is 0 Å². The van der Waals surface area contributed by atoms with Crippen LogP contribution in [0.3, 0.4) is 0 Å². The Bertz CT molecular complexity index is 3240. The second-order valence-electron chi connectivity index (χ2n) is 22.6. The first kappa shape index (κ1) is 64.6. The molecule has 3 fully saturated rings. The summed E-state index contributed by atoms with van der Waals surface area (Å²) in [6, 6.07) is 77.6. The molecule has 16 heteroatoms. The highest BCUT2D eigenvalue weighted by Gasteiger charge is 2.55. The SMILES string of the molecule is O[C@@H]1[C@@H](OC[C@H]2O[C@H](O)[C@@H](OCc3ccccc3)[C@@H](O[C@H]3O[C@H](COCc4ccccc4)[C@@H](OCc4ccccc4)[C@H](OCc4ccccc4)[C@@H]3O)[C@@H]2OCc2ccccc2)O[C@H](COCc2ccccc2)[C@@H](OCc2ccccc2)[C@@H]1OCc1ccccc1. The lowest BCUT2D eigenvalue weighted by Crippen LogP contribution is -2.66. The molecular weight excluding hydrogens is 1140 g/mol. The Morgan fingerprint density at radius 2 is 0.500 bits per heavy atom. The first-order valence-electron chi connectivity index (χ1n) is 30.8. The summed E-state index contributed by atoms with van der Waals surface area (Å²) in [7, 11) is 0. The number of rotatable bonds is 31. The molecule has 8 aromatic rings. The molecule has 0 amide bonds. The summed E-state index contributed by atoms with van der Waals surface area (Å²) in [6.07, 6.45) is -17.7. The minimum absolute atomic E-state index is 0.0110. The van der Waals surface area contributed by atoms with E-state index in [1.807, 2.05) is 243 Å². The Morgan fingerprint density at radius 1 is 0.244 bits per heavy atom. The van der Waals surface area contributed by atoms with E-state index in [4.69, 9.17) is 61.6 Å². The van der Waals surface area contributed by atoms with Gasteiger partial charge in [-0.15, -0.1) is 0 Å². The van der Waals surface area contributed by atoms with Gasteiger partial charge in [-0.3, -0.25) is 0 Å². The van der Waals surface area contributed by atoms with E-state index in [0.29, 0.717) is 0 Å². The smallest absolute Gasteiger partial charge is 0.187 e. The van der Waals surface area contributed by atoms with E-state index >= 15 is 0 Å². The molecule has 3 saturated heterocycles. The molecule has 472 valence electrons. The average Bonchev–Trinajstić information content (AvgIpc) is 1.12. The zero-order valence-corrected chi connectivity index (χ0v) is 50.2. The van der Waals surface area contributed by atoms with Crippen LogP contribution in [0.2, 0.25) is 0 Å². The lowest BCUT2D eigenvalue weighted by molar-refractivity contribution is -0.376. The van der Waals surface area contributed by atoms with Gasteiger partial charge in [0.2, 0.25) is 0 Å². The van der Waals surface area contributed by atoms with Crippen molar-refractivity contribution in [2.45, 2.75) is 145 Å². The fourth-order valence-corrected chi connectivity index (χ4v) is 11.3. The third-order valence-corrected chi connectivity index (χ3v) is 16.1. The summed E-state index contributed by atoms with van der Waals surface area (Å²) in [6.45, 7) is 0.975. The van der Waals surface area contributed by atoms with Crippen molar-refractivity contribution in [3.63, 3.8) is 0 Å². The van der Waals surface area contributed by atoms with Crippen LogP contribution in [0.15, 0.2) is 243 Å². The van der Waals surface area contributed by atoms with Crippen LogP contribution in [0.25, 0.3) is 0 Å². The van der Waals surface area contributed by atoms with E-state index in [1.165, 1.54) is 0 Å². The molecule has 0 unspecified atom stereocenters. The number of hydrogen-bond donors (Lipinski definition) is 3. The van der Waals surface area contributed by atoms with Gasteiger partial charge in [0.25, 0.3) is 0 Å². The molecule has 3 N–H and O–H groups in total. The van der Waals surface area contributed by atoms with Crippen molar-refractivity contribution in [3.8, 4) is 0 Å². The predicted octanol–water partition coefficient (Wildman–Crippen LogP) is 10.2. The minimum Gasteiger partial charge on any atom is -0.385 e. The maximum atomic E-state index is 12.9. The van der Waals surface area contributed by atoms with Crippen LogP contribution in [0.5, 0.6) is 0 Å². The van der Waals surface area contributed by atoms with Crippen LogP contribution < -0.4 is 0 Å². The Balaban J connectivity index is 0.913. The largest absolute Gasteiger partial charge is 0.385 e. The molecular formula is C74H80O16. The number of ether oxygens (including phenoxy) is 13. The molecule has 0 saturated carbocycles. The number of aliphatic hydroxyl groups excluding tert-OH is 3. The molecule has 90 heavy (non-hydrogen) atoms. The predicted molar refractivity (Wildman–Crippen MR) is 333 cm³/mol. The molecule has 3 aliphatic heterocycles. The van der Waals surface area contributed by atoms with Crippen LogP contribution in [0, 0.1) is 0 Å². The van der Waals surface area contributed by atoms with Crippen LogP contribution in [0.1, 0.15) is 44.5 Å². The van der Waals surface area contributed by atoms with Gasteiger partial charge in [0.15, 0.2) is 18.9 Å². The highest BCUT2D eigenvalue weighted by molar-refractivity contribution is 5.20. The van der Waals surface area contributed by atoms with E-state index in [-0.39, 0.29) is 72.7 Å². The van der Waals surface area contributed by atoms with Crippen LogP contribution in [-0.4, -0.2) is 127 Å². The number of hydrogen-bond acceptors (Lipinski definition) is 16. The van der Waals surface area contributed by atoms with E-state index in [1.54, 1.807) is 0 Å². The number of benzene rings is 8. The van der Waals surface area contributed by atoms with Crippen LogP contribution in [-0.2, 0) is 114 Å². The minimum atomic E-state index is -1.67. The summed E-state index contributed by atoms with van der Waals surface area (Å²) in [5.41, 5.74) is 7.12. The molecule has 15 atom stereocenters. The average molecular weight is 1230 g/mol. The highest BCUT2D eigenvalue weighted by Crippen LogP contribution is 2.37. The Hall–Kier alpha value is -6.88. The molecule has 11 rings (SSSR count). The third-order valence-electron chi connectivity index (χ3n) is 16.1.